The van der Waals surface area contributed by atoms with Crippen molar-refractivity contribution in [3.8, 4) is 0 Å². The first-order chi connectivity index (χ1) is 5.34. The van der Waals surface area contributed by atoms with Crippen LogP contribution in [0.5, 0.6) is 0 Å². The molecule has 1 heterocycles. The fraction of sp³-hybridized carbons (Fsp3) is 0.875. The molecule has 62 valence electrons. The minimum Gasteiger partial charge on any atom is -0.469 e. The standard InChI is InChI=1S/C8H12O3/c1-10-8(9)6-5-3-2-4-11-7(5)6/h5-7H,2-4H2,1H3/t5-,6-,7-/m1/s1. The van der Waals surface area contributed by atoms with Crippen molar-refractivity contribution in [2.75, 3.05) is 13.7 Å². The van der Waals surface area contributed by atoms with Crippen LogP contribution in [0, 0.1) is 11.8 Å². The first kappa shape index (κ1) is 7.10. The largest absolute Gasteiger partial charge is 0.469 e. The number of carbonyl (C=O) groups excluding carboxylic acids is 1. The van der Waals surface area contributed by atoms with E-state index in [4.69, 9.17) is 4.74 Å². The molecule has 0 aromatic rings. The van der Waals surface area contributed by atoms with Crippen molar-refractivity contribution in [2.45, 2.75) is 18.9 Å². The number of methoxy groups -OCH3 is 1. The van der Waals surface area contributed by atoms with E-state index in [-0.39, 0.29) is 18.0 Å². The van der Waals surface area contributed by atoms with E-state index in [0.717, 1.165) is 19.4 Å². The lowest BCUT2D eigenvalue weighted by atomic mass is 10.2. The molecule has 0 N–H and O–H groups in total. The average Bonchev–Trinajstić information content (AvgIpc) is 2.77. The highest BCUT2D eigenvalue weighted by molar-refractivity contribution is 5.77. The van der Waals surface area contributed by atoms with Gasteiger partial charge in [-0.15, -0.1) is 0 Å². The van der Waals surface area contributed by atoms with Gasteiger partial charge in [0.05, 0.1) is 19.1 Å². The molecule has 3 heteroatoms. The number of fused-ring (bicyclic) bond motifs is 1. The highest BCUT2D eigenvalue weighted by atomic mass is 16.5. The first-order valence-electron chi connectivity index (χ1n) is 4.04. The van der Waals surface area contributed by atoms with Crippen molar-refractivity contribution in [1.29, 1.82) is 0 Å². The minimum atomic E-state index is -0.0955. The maximum absolute atomic E-state index is 11.0. The zero-order chi connectivity index (χ0) is 7.84. The van der Waals surface area contributed by atoms with Gasteiger partial charge in [0.15, 0.2) is 0 Å². The summed E-state index contributed by atoms with van der Waals surface area (Å²) in [5, 5.41) is 0. The monoisotopic (exact) mass is 156 g/mol. The Bertz CT molecular complexity index is 166. The predicted molar refractivity (Wildman–Crippen MR) is 38.0 cm³/mol. The Morgan fingerprint density at radius 3 is 3.00 bits per heavy atom. The van der Waals surface area contributed by atoms with Crippen LogP contribution in [0.25, 0.3) is 0 Å². The number of esters is 1. The van der Waals surface area contributed by atoms with E-state index in [1.54, 1.807) is 0 Å². The second kappa shape index (κ2) is 2.48. The summed E-state index contributed by atoms with van der Waals surface area (Å²) in [6.45, 7) is 0.814. The zero-order valence-electron chi connectivity index (χ0n) is 6.58. The van der Waals surface area contributed by atoms with Crippen molar-refractivity contribution in [3.05, 3.63) is 0 Å². The number of hydrogen-bond acceptors (Lipinski definition) is 3. The molecule has 0 amide bonds. The minimum absolute atomic E-state index is 0.0579. The molecule has 0 radical (unpaired) electrons. The Hall–Kier alpha value is -0.570. The van der Waals surface area contributed by atoms with Crippen molar-refractivity contribution < 1.29 is 14.3 Å². The number of ether oxygens (including phenoxy) is 2. The first-order valence-corrected chi connectivity index (χ1v) is 4.04. The zero-order valence-corrected chi connectivity index (χ0v) is 6.58. The third kappa shape index (κ3) is 1.03. The molecule has 2 aliphatic rings. The maximum atomic E-state index is 11.0. The molecule has 1 aliphatic carbocycles. The van der Waals surface area contributed by atoms with Crippen LogP contribution in [0.1, 0.15) is 12.8 Å². The molecule has 11 heavy (non-hydrogen) atoms. The van der Waals surface area contributed by atoms with Crippen LogP contribution < -0.4 is 0 Å². The summed E-state index contributed by atoms with van der Waals surface area (Å²) in [5.41, 5.74) is 0. The van der Waals surface area contributed by atoms with E-state index in [9.17, 15) is 4.79 Å². The molecule has 3 nitrogen and oxygen atoms in total. The molecule has 0 aromatic heterocycles. The van der Waals surface area contributed by atoms with Crippen LogP contribution in [0.2, 0.25) is 0 Å². The molecule has 3 atom stereocenters. The maximum Gasteiger partial charge on any atom is 0.311 e. The molecule has 0 spiro atoms. The molecule has 1 aliphatic heterocycles. The lowest BCUT2D eigenvalue weighted by molar-refractivity contribution is -0.143. The fourth-order valence-electron chi connectivity index (χ4n) is 1.90. The topological polar surface area (TPSA) is 35.5 Å². The molecule has 2 fully saturated rings. The van der Waals surface area contributed by atoms with Gasteiger partial charge >= 0.3 is 5.97 Å². The van der Waals surface area contributed by atoms with Crippen LogP contribution in [-0.4, -0.2) is 25.8 Å². The SMILES string of the molecule is COC(=O)[C@@H]1[C@H]2CCCO[C@H]21. The van der Waals surface area contributed by atoms with Gasteiger partial charge < -0.3 is 9.47 Å². The Kier molecular flexibility index (Phi) is 1.60. The molecule has 0 bridgehead atoms. The summed E-state index contributed by atoms with van der Waals surface area (Å²) in [6, 6.07) is 0. The van der Waals surface area contributed by atoms with E-state index in [1.165, 1.54) is 7.11 Å². The van der Waals surface area contributed by atoms with Crippen molar-refractivity contribution in [1.82, 2.24) is 0 Å². The fourth-order valence-corrected chi connectivity index (χ4v) is 1.90. The second-order valence-electron chi connectivity index (χ2n) is 3.19. The molecule has 0 aromatic carbocycles. The molecule has 0 unspecified atom stereocenters. The van der Waals surface area contributed by atoms with Gasteiger partial charge in [0.2, 0.25) is 0 Å². The normalized spacial score (nSPS) is 41.0. The highest BCUT2D eigenvalue weighted by Crippen LogP contribution is 2.48. The molecular formula is C8H12O3. The highest BCUT2D eigenvalue weighted by Gasteiger charge is 2.57. The van der Waals surface area contributed by atoms with E-state index >= 15 is 0 Å². The Balaban J connectivity index is 1.94. The van der Waals surface area contributed by atoms with Crippen molar-refractivity contribution in [2.24, 2.45) is 11.8 Å². The summed E-state index contributed by atoms with van der Waals surface area (Å²) in [4.78, 5) is 11.0. The van der Waals surface area contributed by atoms with E-state index in [0.29, 0.717) is 5.92 Å². The Morgan fingerprint density at radius 2 is 2.45 bits per heavy atom. The molecule has 2 rings (SSSR count). The predicted octanol–water partition coefficient (Wildman–Crippen LogP) is 0.584. The summed E-state index contributed by atoms with van der Waals surface area (Å²) in [7, 11) is 1.44. The molecular weight excluding hydrogens is 144 g/mol. The lowest BCUT2D eigenvalue weighted by Gasteiger charge is -2.07. The molecule has 1 saturated heterocycles. The van der Waals surface area contributed by atoms with Gasteiger partial charge in [0.1, 0.15) is 0 Å². The van der Waals surface area contributed by atoms with E-state index < -0.39 is 0 Å². The van der Waals surface area contributed by atoms with Gasteiger partial charge in [-0.1, -0.05) is 0 Å². The Labute approximate surface area is 65.7 Å². The number of carbonyl (C=O) groups is 1. The van der Waals surface area contributed by atoms with Crippen LogP contribution in [0.4, 0.5) is 0 Å². The second-order valence-corrected chi connectivity index (χ2v) is 3.19. The number of hydrogen-bond donors (Lipinski definition) is 0. The summed E-state index contributed by atoms with van der Waals surface area (Å²) < 4.78 is 10.0. The van der Waals surface area contributed by atoms with Gasteiger partial charge in [-0.25, -0.2) is 0 Å². The van der Waals surface area contributed by atoms with E-state index in [1.807, 2.05) is 0 Å². The van der Waals surface area contributed by atoms with Crippen LogP contribution in [0.3, 0.4) is 0 Å². The quantitative estimate of drug-likeness (QED) is 0.521. The van der Waals surface area contributed by atoms with Crippen LogP contribution >= 0.6 is 0 Å². The van der Waals surface area contributed by atoms with E-state index in [2.05, 4.69) is 4.74 Å². The van der Waals surface area contributed by atoms with Gasteiger partial charge in [0.25, 0.3) is 0 Å². The van der Waals surface area contributed by atoms with Gasteiger partial charge in [0, 0.05) is 12.5 Å². The van der Waals surface area contributed by atoms with Crippen LogP contribution in [0.15, 0.2) is 0 Å². The van der Waals surface area contributed by atoms with Crippen LogP contribution in [-0.2, 0) is 14.3 Å². The van der Waals surface area contributed by atoms with Crippen molar-refractivity contribution in [3.63, 3.8) is 0 Å². The average molecular weight is 156 g/mol. The third-order valence-electron chi connectivity index (χ3n) is 2.56. The van der Waals surface area contributed by atoms with Gasteiger partial charge in [-0.05, 0) is 12.8 Å². The summed E-state index contributed by atoms with van der Waals surface area (Å²) in [5.74, 6) is 0.431. The molecule has 1 saturated carbocycles. The lowest BCUT2D eigenvalue weighted by Crippen LogP contribution is -2.08. The van der Waals surface area contributed by atoms with Gasteiger partial charge in [-0.2, -0.15) is 0 Å². The third-order valence-corrected chi connectivity index (χ3v) is 2.56. The summed E-state index contributed by atoms with van der Waals surface area (Å²) >= 11 is 0. The van der Waals surface area contributed by atoms with Gasteiger partial charge in [-0.3, -0.25) is 4.79 Å². The smallest absolute Gasteiger partial charge is 0.311 e. The van der Waals surface area contributed by atoms with Crippen molar-refractivity contribution >= 4 is 5.97 Å². The Morgan fingerprint density at radius 1 is 1.64 bits per heavy atom. The summed E-state index contributed by atoms with van der Waals surface area (Å²) in [6.07, 6.45) is 2.41. The number of rotatable bonds is 1.